The molecule has 0 heterocycles. The normalized spacial score (nSPS) is 11.2. The number of aliphatic carboxylic acids is 1. The van der Waals surface area contributed by atoms with Crippen molar-refractivity contribution in [2.24, 2.45) is 0 Å². The highest BCUT2D eigenvalue weighted by molar-refractivity contribution is 9.10. The van der Waals surface area contributed by atoms with E-state index in [4.69, 9.17) is 5.11 Å². The summed E-state index contributed by atoms with van der Waals surface area (Å²) in [6.07, 6.45) is 0.386. The van der Waals surface area contributed by atoms with E-state index in [2.05, 4.69) is 20.7 Å². The molecule has 0 saturated carbocycles. The first-order chi connectivity index (χ1) is 10.8. The fraction of sp³-hybridized carbons (Fsp3) is 0.188. The predicted octanol–water partition coefficient (Wildman–Crippen LogP) is 3.58. The monoisotopic (exact) mass is 397 g/mol. The molecule has 122 valence electrons. The predicted molar refractivity (Wildman–Crippen MR) is 92.1 cm³/mol. The third-order valence-electron chi connectivity index (χ3n) is 3.27. The summed E-state index contributed by atoms with van der Waals surface area (Å²) in [5.41, 5.74) is 2.20. The zero-order valence-electron chi connectivity index (χ0n) is 12.4. The maximum atomic E-state index is 12.4. The van der Waals surface area contributed by atoms with E-state index < -0.39 is 16.0 Å². The van der Waals surface area contributed by atoms with Gasteiger partial charge in [-0.1, -0.05) is 28.1 Å². The SMILES string of the molecule is Cc1cc(NS(=O)(=O)c2ccc(CCC(=O)O)cc2)ccc1Br. The van der Waals surface area contributed by atoms with Crippen LogP contribution in [0.5, 0.6) is 0 Å². The lowest BCUT2D eigenvalue weighted by atomic mass is 10.1. The second-order valence-corrected chi connectivity index (χ2v) is 7.64. The fourth-order valence-corrected chi connectivity index (χ4v) is 3.30. The van der Waals surface area contributed by atoms with Crippen molar-refractivity contribution in [1.29, 1.82) is 0 Å². The zero-order valence-corrected chi connectivity index (χ0v) is 14.8. The molecular formula is C16H16BrNO4S. The van der Waals surface area contributed by atoms with Crippen molar-refractivity contribution in [1.82, 2.24) is 0 Å². The number of hydrogen-bond acceptors (Lipinski definition) is 3. The van der Waals surface area contributed by atoms with Crippen LogP contribution in [0.15, 0.2) is 51.8 Å². The minimum absolute atomic E-state index is 0.0164. The average molecular weight is 398 g/mol. The van der Waals surface area contributed by atoms with Crippen LogP contribution in [-0.4, -0.2) is 19.5 Å². The van der Waals surface area contributed by atoms with Gasteiger partial charge in [-0.3, -0.25) is 9.52 Å². The molecule has 0 bridgehead atoms. The molecule has 2 aromatic rings. The number of carboxylic acid groups (broad SMARTS) is 1. The van der Waals surface area contributed by atoms with Crippen LogP contribution in [0.3, 0.4) is 0 Å². The van der Waals surface area contributed by atoms with Crippen molar-refractivity contribution < 1.29 is 18.3 Å². The summed E-state index contributed by atoms with van der Waals surface area (Å²) in [7, 11) is -3.67. The maximum absolute atomic E-state index is 12.4. The Labute approximate surface area is 143 Å². The first kappa shape index (κ1) is 17.5. The van der Waals surface area contributed by atoms with Crippen molar-refractivity contribution in [2.75, 3.05) is 4.72 Å². The van der Waals surface area contributed by atoms with Gasteiger partial charge in [-0.15, -0.1) is 0 Å². The van der Waals surface area contributed by atoms with Gasteiger partial charge >= 0.3 is 5.97 Å². The number of benzene rings is 2. The third kappa shape index (κ3) is 4.80. The number of sulfonamides is 1. The minimum atomic E-state index is -3.67. The minimum Gasteiger partial charge on any atom is -0.481 e. The first-order valence-electron chi connectivity index (χ1n) is 6.87. The largest absolute Gasteiger partial charge is 0.481 e. The molecule has 2 aromatic carbocycles. The lowest BCUT2D eigenvalue weighted by Gasteiger charge is -2.10. The van der Waals surface area contributed by atoms with Gasteiger partial charge in [0, 0.05) is 16.6 Å². The molecular weight excluding hydrogens is 382 g/mol. The van der Waals surface area contributed by atoms with Gasteiger partial charge in [0.2, 0.25) is 0 Å². The van der Waals surface area contributed by atoms with Crippen LogP contribution in [0.4, 0.5) is 5.69 Å². The summed E-state index contributed by atoms with van der Waals surface area (Å²) in [5.74, 6) is -0.881. The van der Waals surface area contributed by atoms with Crippen molar-refractivity contribution >= 4 is 37.6 Å². The molecule has 2 rings (SSSR count). The van der Waals surface area contributed by atoms with Crippen molar-refractivity contribution in [3.8, 4) is 0 Å². The fourth-order valence-electron chi connectivity index (χ4n) is 2.01. The number of rotatable bonds is 6. The zero-order chi connectivity index (χ0) is 17.0. The Hall–Kier alpha value is -1.86. The lowest BCUT2D eigenvalue weighted by Crippen LogP contribution is -2.13. The Kier molecular flexibility index (Phi) is 5.43. The van der Waals surface area contributed by atoms with Gasteiger partial charge < -0.3 is 5.11 Å². The summed E-state index contributed by atoms with van der Waals surface area (Å²) < 4.78 is 28.2. The van der Waals surface area contributed by atoms with Crippen LogP contribution < -0.4 is 4.72 Å². The topological polar surface area (TPSA) is 83.5 Å². The van der Waals surface area contributed by atoms with E-state index in [9.17, 15) is 13.2 Å². The van der Waals surface area contributed by atoms with Crippen LogP contribution in [0, 0.1) is 6.92 Å². The number of aryl methyl sites for hydroxylation is 2. The highest BCUT2D eigenvalue weighted by Gasteiger charge is 2.14. The molecule has 0 aliphatic carbocycles. The van der Waals surface area contributed by atoms with Crippen molar-refractivity contribution in [3.05, 3.63) is 58.1 Å². The van der Waals surface area contributed by atoms with Gasteiger partial charge in [0.25, 0.3) is 10.0 Å². The van der Waals surface area contributed by atoms with E-state index >= 15 is 0 Å². The highest BCUT2D eigenvalue weighted by atomic mass is 79.9. The Bertz CT molecular complexity index is 816. The summed E-state index contributed by atoms with van der Waals surface area (Å²) in [5, 5.41) is 8.66. The third-order valence-corrected chi connectivity index (χ3v) is 5.56. The van der Waals surface area contributed by atoms with Crippen LogP contribution in [0.1, 0.15) is 17.5 Å². The van der Waals surface area contributed by atoms with Gasteiger partial charge in [0.05, 0.1) is 4.90 Å². The Balaban J connectivity index is 2.15. The van der Waals surface area contributed by atoms with Crippen molar-refractivity contribution in [3.63, 3.8) is 0 Å². The van der Waals surface area contributed by atoms with Gasteiger partial charge in [-0.25, -0.2) is 8.42 Å². The lowest BCUT2D eigenvalue weighted by molar-refractivity contribution is -0.136. The van der Waals surface area contributed by atoms with Gasteiger partial charge in [0.1, 0.15) is 0 Å². The molecule has 0 saturated heterocycles. The van der Waals surface area contributed by atoms with Gasteiger partial charge in [0.15, 0.2) is 0 Å². The molecule has 0 radical (unpaired) electrons. The van der Waals surface area contributed by atoms with Crippen molar-refractivity contribution in [2.45, 2.75) is 24.7 Å². The van der Waals surface area contributed by atoms with E-state index in [1.165, 1.54) is 12.1 Å². The quantitative estimate of drug-likeness (QED) is 0.779. The second-order valence-electron chi connectivity index (χ2n) is 5.11. The molecule has 0 aliphatic rings. The maximum Gasteiger partial charge on any atom is 0.303 e. The molecule has 0 aromatic heterocycles. The number of carboxylic acids is 1. The number of nitrogens with one attached hydrogen (secondary N) is 1. The molecule has 0 unspecified atom stereocenters. The number of carbonyl (C=O) groups is 1. The van der Waals surface area contributed by atoms with Gasteiger partial charge in [-0.05, 0) is 54.8 Å². The van der Waals surface area contributed by atoms with E-state index in [0.29, 0.717) is 12.1 Å². The smallest absolute Gasteiger partial charge is 0.303 e. The molecule has 0 fully saturated rings. The number of anilines is 1. The van der Waals surface area contributed by atoms with E-state index in [1.807, 2.05) is 6.92 Å². The number of hydrogen-bond donors (Lipinski definition) is 2. The molecule has 7 heteroatoms. The molecule has 0 amide bonds. The Morgan fingerprint density at radius 2 is 1.83 bits per heavy atom. The van der Waals surface area contributed by atoms with E-state index in [1.54, 1.807) is 30.3 Å². The Morgan fingerprint density at radius 1 is 1.17 bits per heavy atom. The summed E-state index contributed by atoms with van der Waals surface area (Å²) in [6.45, 7) is 1.87. The molecule has 0 atom stereocenters. The molecule has 0 aliphatic heterocycles. The second kappa shape index (κ2) is 7.14. The van der Waals surface area contributed by atoms with Crippen LogP contribution in [-0.2, 0) is 21.2 Å². The molecule has 5 nitrogen and oxygen atoms in total. The van der Waals surface area contributed by atoms with Crippen LogP contribution >= 0.6 is 15.9 Å². The van der Waals surface area contributed by atoms with E-state index in [-0.39, 0.29) is 11.3 Å². The summed E-state index contributed by atoms with van der Waals surface area (Å²) in [4.78, 5) is 10.7. The van der Waals surface area contributed by atoms with Crippen LogP contribution in [0.2, 0.25) is 0 Å². The number of halogens is 1. The van der Waals surface area contributed by atoms with Crippen LogP contribution in [0.25, 0.3) is 0 Å². The molecule has 2 N–H and O–H groups in total. The van der Waals surface area contributed by atoms with Gasteiger partial charge in [-0.2, -0.15) is 0 Å². The average Bonchev–Trinajstić information content (AvgIpc) is 2.49. The first-order valence-corrected chi connectivity index (χ1v) is 9.15. The Morgan fingerprint density at radius 3 is 2.39 bits per heavy atom. The highest BCUT2D eigenvalue weighted by Crippen LogP contribution is 2.22. The van der Waals surface area contributed by atoms with E-state index in [0.717, 1.165) is 15.6 Å². The summed E-state index contributed by atoms with van der Waals surface area (Å²) >= 11 is 3.37. The summed E-state index contributed by atoms with van der Waals surface area (Å²) in [6, 6.07) is 11.4. The molecule has 23 heavy (non-hydrogen) atoms. The molecule has 0 spiro atoms. The standard InChI is InChI=1S/C16H16BrNO4S/c1-11-10-13(5-8-15(11)17)18-23(21,22)14-6-2-12(3-7-14)4-9-16(19)20/h2-3,5-8,10,18H,4,9H2,1H3,(H,19,20).